The zero-order chi connectivity index (χ0) is 23.1. The van der Waals surface area contributed by atoms with Crippen molar-refractivity contribution in [2.45, 2.75) is 33.1 Å². The van der Waals surface area contributed by atoms with Gasteiger partial charge in [0, 0.05) is 17.7 Å². The Bertz CT molecular complexity index is 1040. The molecule has 17 heteroatoms. The van der Waals surface area contributed by atoms with Crippen molar-refractivity contribution in [3.05, 3.63) is 32.6 Å². The molecule has 0 amide bonds. The summed E-state index contributed by atoms with van der Waals surface area (Å²) in [6, 6.07) is 0. The minimum absolute atomic E-state index is 0.235. The maximum Gasteiger partial charge on any atom is 0.487 e. The van der Waals surface area contributed by atoms with E-state index >= 15 is 0 Å². The van der Waals surface area contributed by atoms with Crippen LogP contribution in [0.3, 0.4) is 0 Å². The highest BCUT2D eigenvalue weighted by molar-refractivity contribution is 7.70. The first-order valence-electron chi connectivity index (χ1n) is 8.40. The van der Waals surface area contributed by atoms with E-state index in [1.807, 2.05) is 0 Å². The van der Waals surface area contributed by atoms with Gasteiger partial charge in [0.05, 0.1) is 12.7 Å². The van der Waals surface area contributed by atoms with Crippen molar-refractivity contribution in [2.24, 2.45) is 11.8 Å². The number of hydrogen-bond acceptors (Lipinski definition) is 9. The summed E-state index contributed by atoms with van der Waals surface area (Å²) in [5.41, 5.74) is -0.894. The van der Waals surface area contributed by atoms with Crippen molar-refractivity contribution < 1.29 is 46.6 Å². The van der Waals surface area contributed by atoms with Gasteiger partial charge in [0.25, 0.3) is 13.1 Å². The lowest BCUT2D eigenvalue weighted by molar-refractivity contribution is -0.0350. The summed E-state index contributed by atoms with van der Waals surface area (Å²) in [6.45, 7) is 4.70. The predicted molar refractivity (Wildman–Crippen MR) is 105 cm³/mol. The van der Waals surface area contributed by atoms with E-state index in [0.29, 0.717) is 5.56 Å². The second-order valence-corrected chi connectivity index (χ2v) is 11.6. The van der Waals surface area contributed by atoms with E-state index in [1.54, 1.807) is 13.8 Å². The lowest BCUT2D eigenvalue weighted by Gasteiger charge is -2.23. The van der Waals surface area contributed by atoms with Crippen molar-refractivity contribution in [1.29, 1.82) is 0 Å². The number of hydrogen-bond donors (Lipinski definition) is 5. The highest BCUT2D eigenvalue weighted by atomic mass is 31.3. The molecule has 1 saturated heterocycles. The van der Waals surface area contributed by atoms with Crippen molar-refractivity contribution in [3.63, 3.8) is 0 Å². The first kappa shape index (κ1) is 25.4. The van der Waals surface area contributed by atoms with Crippen LogP contribution >= 0.6 is 23.2 Å². The summed E-state index contributed by atoms with van der Waals surface area (Å²) < 4.78 is 42.2. The lowest BCUT2D eigenvalue weighted by Crippen LogP contribution is -2.35. The molecule has 30 heavy (non-hydrogen) atoms. The molecule has 1 aliphatic heterocycles. The average molecular weight is 492 g/mol. The van der Waals surface area contributed by atoms with E-state index in [9.17, 15) is 28.5 Å². The van der Waals surface area contributed by atoms with Gasteiger partial charge in [-0.2, -0.15) is 4.31 Å². The fourth-order valence-corrected chi connectivity index (χ4v) is 6.16. The van der Waals surface area contributed by atoms with Gasteiger partial charge in [0.15, 0.2) is 0 Å². The smallest absolute Gasteiger partial charge is 0.352 e. The number of rotatable bonds is 8. The van der Waals surface area contributed by atoms with Gasteiger partial charge < -0.3 is 28.8 Å². The van der Waals surface area contributed by atoms with Crippen LogP contribution in [0.5, 0.6) is 0 Å². The molecule has 1 fully saturated rings. The predicted octanol–water partition coefficient (Wildman–Crippen LogP) is 0.444. The van der Waals surface area contributed by atoms with Crippen LogP contribution in [0, 0.1) is 18.8 Å². The Hall–Kier alpha value is -0.880. The highest BCUT2D eigenvalue weighted by Crippen LogP contribution is 2.66. The fourth-order valence-electron chi connectivity index (χ4n) is 2.83. The molecule has 2 heterocycles. The van der Waals surface area contributed by atoms with Gasteiger partial charge in [0.1, 0.15) is 6.23 Å². The first-order chi connectivity index (χ1) is 13.5. The monoisotopic (exact) mass is 492 g/mol. The van der Waals surface area contributed by atoms with Crippen LogP contribution < -0.4 is 11.2 Å². The highest BCUT2D eigenvalue weighted by Gasteiger charge is 2.42. The lowest BCUT2D eigenvalue weighted by atomic mass is 9.93. The van der Waals surface area contributed by atoms with Gasteiger partial charge >= 0.3 is 21.3 Å². The minimum atomic E-state index is -5.38. The molecule has 0 spiro atoms. The van der Waals surface area contributed by atoms with Crippen LogP contribution in [-0.2, 0) is 27.0 Å². The SMILES string of the molecule is C=P(O)(OCC1OC(n2cc(C)c(=O)[nH]c2=O)C(C)C1C)OP(=O)(O)OP(=O)(O)O. The Kier molecular flexibility index (Phi) is 7.56. The van der Waals surface area contributed by atoms with Gasteiger partial charge in [-0.1, -0.05) is 13.8 Å². The third-order valence-corrected chi connectivity index (χ3v) is 8.56. The fraction of sp³-hybridized carbons (Fsp3) is 0.615. The number of phosphoric acid groups is 2. The van der Waals surface area contributed by atoms with E-state index in [4.69, 9.17) is 19.0 Å². The molecule has 1 aromatic rings. The summed E-state index contributed by atoms with van der Waals surface area (Å²) in [7, 11) is -15.0. The topological polar surface area (TPSA) is 207 Å². The molecule has 1 aliphatic rings. The Morgan fingerprint density at radius 1 is 1.17 bits per heavy atom. The second-order valence-electron chi connectivity index (χ2n) is 6.82. The zero-order valence-corrected chi connectivity index (χ0v) is 18.8. The molecular weight excluding hydrogens is 469 g/mol. The van der Waals surface area contributed by atoms with Gasteiger partial charge in [-0.3, -0.25) is 14.3 Å². The van der Waals surface area contributed by atoms with E-state index in [1.165, 1.54) is 17.7 Å². The number of H-pyrrole nitrogens is 1. The van der Waals surface area contributed by atoms with Gasteiger partial charge in [0.2, 0.25) is 0 Å². The molecule has 0 radical (unpaired) electrons. The number of aryl methyl sites for hydroxylation is 1. The average Bonchev–Trinajstić information content (AvgIpc) is 2.81. The molecule has 1 aromatic heterocycles. The summed E-state index contributed by atoms with van der Waals surface area (Å²) >= 11 is 0. The molecule has 6 unspecified atom stereocenters. The van der Waals surface area contributed by atoms with Crippen LogP contribution in [0.1, 0.15) is 25.6 Å². The summed E-state index contributed by atoms with van der Waals surface area (Å²) in [4.78, 5) is 62.3. The largest absolute Gasteiger partial charge is 0.487 e. The van der Waals surface area contributed by atoms with E-state index < -0.39 is 46.8 Å². The van der Waals surface area contributed by atoms with Crippen LogP contribution in [0.4, 0.5) is 0 Å². The summed E-state index contributed by atoms with van der Waals surface area (Å²) in [6.07, 6.45) is 2.98. The van der Waals surface area contributed by atoms with E-state index in [-0.39, 0.29) is 18.4 Å². The number of ether oxygens (including phenoxy) is 1. The van der Waals surface area contributed by atoms with E-state index in [0.717, 1.165) is 0 Å². The number of aromatic nitrogens is 2. The number of nitrogens with one attached hydrogen (secondary N) is 1. The van der Waals surface area contributed by atoms with E-state index in [2.05, 4.69) is 19.9 Å². The Labute approximate surface area is 170 Å². The zero-order valence-electron chi connectivity index (χ0n) is 16.1. The number of aromatic amines is 1. The van der Waals surface area contributed by atoms with Gasteiger partial charge in [-0.25, -0.2) is 18.2 Å². The quantitative estimate of drug-likeness (QED) is 0.314. The molecule has 0 saturated carbocycles. The van der Waals surface area contributed by atoms with Crippen LogP contribution in [0.2, 0.25) is 0 Å². The molecule has 0 aromatic carbocycles. The van der Waals surface area contributed by atoms with Crippen molar-refractivity contribution in [2.75, 3.05) is 6.61 Å². The normalized spacial score (nSPS) is 28.8. The molecular formula is C13H23N2O12P3. The molecule has 2 rings (SSSR count). The second kappa shape index (κ2) is 8.93. The third-order valence-electron chi connectivity index (χ3n) is 4.48. The maximum absolute atomic E-state index is 12.1. The summed E-state index contributed by atoms with van der Waals surface area (Å²) in [5, 5.41) is 0. The third kappa shape index (κ3) is 6.56. The minimum Gasteiger partial charge on any atom is -0.352 e. The number of nitrogens with zero attached hydrogens (tertiary/aromatic N) is 1. The first-order valence-corrected chi connectivity index (χ1v) is 13.2. The summed E-state index contributed by atoms with van der Waals surface area (Å²) in [5.74, 6) is -0.470. The van der Waals surface area contributed by atoms with Crippen LogP contribution in [0.15, 0.2) is 15.8 Å². The molecule has 172 valence electrons. The maximum atomic E-state index is 12.1. The van der Waals surface area contributed by atoms with Crippen molar-refractivity contribution >= 4 is 29.5 Å². The molecule has 0 aliphatic carbocycles. The molecule has 5 N–H and O–H groups in total. The van der Waals surface area contributed by atoms with Gasteiger partial charge in [-0.05, 0) is 19.1 Å². The molecule has 6 atom stereocenters. The Balaban J connectivity index is 2.09. The van der Waals surface area contributed by atoms with Crippen molar-refractivity contribution in [3.8, 4) is 0 Å². The Morgan fingerprint density at radius 3 is 2.33 bits per heavy atom. The Morgan fingerprint density at radius 2 is 1.77 bits per heavy atom. The molecule has 0 bridgehead atoms. The van der Waals surface area contributed by atoms with Gasteiger partial charge in [-0.15, -0.1) is 0 Å². The molecule has 14 nitrogen and oxygen atoms in total. The van der Waals surface area contributed by atoms with Crippen LogP contribution in [-0.4, -0.2) is 48.1 Å². The van der Waals surface area contributed by atoms with Crippen LogP contribution in [0.25, 0.3) is 0 Å². The standard InChI is InChI=1S/C13H23N2O12P3/c1-7-5-15(13(17)14-11(7)16)12-9(3)8(2)10(25-12)6-24-28(4,18)26-30(22,23)27-29(19,20)21/h5,8-10,12,18H,4,6H2,1-3H3,(H,22,23)(H,14,16,17)(H2,19,20,21). The van der Waals surface area contributed by atoms with Crippen molar-refractivity contribution in [1.82, 2.24) is 9.55 Å².